The fourth-order valence-corrected chi connectivity index (χ4v) is 3.99. The molecule has 1 aromatic heterocycles. The maximum Gasteiger partial charge on any atom is 0.247 e. The zero-order chi connectivity index (χ0) is 20.4. The summed E-state index contributed by atoms with van der Waals surface area (Å²) in [5, 5.41) is 9.07. The standard InChI is InChI=1S/C21H19BrN4O2S/c1-3-7-17(27)26-16-11-5-4-10-15(16)18-19(23-21(29-2)25-24-18)28-20(26)13-8-6-9-14(22)12-13/h4-6,8-12,20H,3,7H2,1-2H3. The van der Waals surface area contributed by atoms with Crippen molar-refractivity contribution in [3.8, 4) is 17.1 Å². The summed E-state index contributed by atoms with van der Waals surface area (Å²) in [6.45, 7) is 1.99. The summed E-state index contributed by atoms with van der Waals surface area (Å²) in [5.41, 5.74) is 2.89. The van der Waals surface area contributed by atoms with Crippen LogP contribution >= 0.6 is 27.7 Å². The lowest BCUT2D eigenvalue weighted by Crippen LogP contribution is -2.37. The summed E-state index contributed by atoms with van der Waals surface area (Å²) in [7, 11) is 0. The second kappa shape index (κ2) is 8.51. The molecule has 1 amide bonds. The third-order valence-corrected chi connectivity index (χ3v) is 5.59. The molecular weight excluding hydrogens is 452 g/mol. The summed E-state index contributed by atoms with van der Waals surface area (Å²) >= 11 is 4.91. The number of rotatable bonds is 4. The van der Waals surface area contributed by atoms with E-state index in [2.05, 4.69) is 31.1 Å². The van der Waals surface area contributed by atoms with Gasteiger partial charge in [0.2, 0.25) is 23.2 Å². The van der Waals surface area contributed by atoms with E-state index >= 15 is 0 Å². The molecule has 1 unspecified atom stereocenters. The first-order valence-electron chi connectivity index (χ1n) is 9.24. The average Bonchev–Trinajstić information content (AvgIpc) is 2.88. The number of carbonyl (C=O) groups is 1. The molecule has 1 atom stereocenters. The van der Waals surface area contributed by atoms with Gasteiger partial charge in [0.1, 0.15) is 0 Å². The van der Waals surface area contributed by atoms with Gasteiger partial charge in [-0.15, -0.1) is 10.2 Å². The number of nitrogens with zero attached hydrogens (tertiary/aromatic N) is 4. The minimum Gasteiger partial charge on any atom is -0.447 e. The van der Waals surface area contributed by atoms with Crippen LogP contribution in [0.3, 0.4) is 0 Å². The Morgan fingerprint density at radius 3 is 2.79 bits per heavy atom. The largest absolute Gasteiger partial charge is 0.447 e. The Morgan fingerprint density at radius 1 is 1.21 bits per heavy atom. The molecule has 2 aromatic carbocycles. The van der Waals surface area contributed by atoms with Crippen LogP contribution in [-0.4, -0.2) is 27.3 Å². The number of hydrogen-bond donors (Lipinski definition) is 0. The number of fused-ring (bicyclic) bond motifs is 3. The molecule has 0 saturated heterocycles. The lowest BCUT2D eigenvalue weighted by Gasteiger charge is -2.31. The number of benzene rings is 2. The van der Waals surface area contributed by atoms with Gasteiger partial charge < -0.3 is 4.74 Å². The van der Waals surface area contributed by atoms with Crippen LogP contribution in [0.15, 0.2) is 58.2 Å². The molecule has 1 aliphatic rings. The third-order valence-electron chi connectivity index (χ3n) is 4.56. The van der Waals surface area contributed by atoms with Gasteiger partial charge in [-0.3, -0.25) is 9.69 Å². The van der Waals surface area contributed by atoms with Gasteiger partial charge in [0, 0.05) is 22.0 Å². The van der Waals surface area contributed by atoms with Crippen molar-refractivity contribution in [2.24, 2.45) is 0 Å². The number of ether oxygens (including phenoxy) is 1. The molecule has 3 aromatic rings. The van der Waals surface area contributed by atoms with E-state index in [9.17, 15) is 4.79 Å². The maximum absolute atomic E-state index is 13.2. The van der Waals surface area contributed by atoms with E-state index in [0.717, 1.165) is 27.7 Å². The molecule has 6 nitrogen and oxygen atoms in total. The van der Waals surface area contributed by atoms with Gasteiger partial charge in [-0.25, -0.2) is 0 Å². The Labute approximate surface area is 181 Å². The molecule has 0 saturated carbocycles. The molecule has 1 aliphatic heterocycles. The first-order valence-corrected chi connectivity index (χ1v) is 11.3. The molecule has 0 aliphatic carbocycles. The van der Waals surface area contributed by atoms with E-state index in [1.165, 1.54) is 11.8 Å². The number of para-hydroxylation sites is 1. The quantitative estimate of drug-likeness (QED) is 0.485. The van der Waals surface area contributed by atoms with Crippen molar-refractivity contribution >= 4 is 39.3 Å². The van der Waals surface area contributed by atoms with E-state index in [1.54, 1.807) is 4.90 Å². The minimum atomic E-state index is -0.666. The SMILES string of the molecule is CCCC(=O)N1c2ccccc2-c2nnc(SC)nc2OC1c1cccc(Br)c1. The van der Waals surface area contributed by atoms with Crippen molar-refractivity contribution in [2.45, 2.75) is 31.1 Å². The maximum atomic E-state index is 13.2. The molecule has 0 radical (unpaired) electrons. The summed E-state index contributed by atoms with van der Waals surface area (Å²) in [6.07, 6.45) is 2.37. The van der Waals surface area contributed by atoms with Crippen LogP contribution in [-0.2, 0) is 4.79 Å². The average molecular weight is 471 g/mol. The van der Waals surface area contributed by atoms with Crippen LogP contribution in [0.25, 0.3) is 11.3 Å². The number of thioether (sulfide) groups is 1. The fourth-order valence-electron chi connectivity index (χ4n) is 3.28. The molecule has 29 heavy (non-hydrogen) atoms. The zero-order valence-corrected chi connectivity index (χ0v) is 18.4. The Morgan fingerprint density at radius 2 is 2.03 bits per heavy atom. The topological polar surface area (TPSA) is 68.2 Å². The van der Waals surface area contributed by atoms with Gasteiger partial charge in [0.25, 0.3) is 0 Å². The lowest BCUT2D eigenvalue weighted by molar-refractivity contribution is -0.120. The van der Waals surface area contributed by atoms with Crippen LogP contribution in [0.1, 0.15) is 31.6 Å². The van der Waals surface area contributed by atoms with Crippen molar-refractivity contribution in [1.29, 1.82) is 0 Å². The van der Waals surface area contributed by atoms with Crippen molar-refractivity contribution in [3.63, 3.8) is 0 Å². The van der Waals surface area contributed by atoms with E-state index in [1.807, 2.05) is 61.7 Å². The zero-order valence-electron chi connectivity index (χ0n) is 16.0. The normalized spacial score (nSPS) is 15.1. The predicted octanol–water partition coefficient (Wildman–Crippen LogP) is 5.25. The van der Waals surface area contributed by atoms with Gasteiger partial charge in [-0.1, -0.05) is 64.9 Å². The predicted molar refractivity (Wildman–Crippen MR) is 117 cm³/mol. The van der Waals surface area contributed by atoms with Crippen LogP contribution in [0.2, 0.25) is 0 Å². The summed E-state index contributed by atoms with van der Waals surface area (Å²) in [5.74, 6) is 0.351. The highest BCUT2D eigenvalue weighted by Gasteiger charge is 2.35. The second-order valence-corrected chi connectivity index (χ2v) is 8.20. The van der Waals surface area contributed by atoms with Gasteiger partial charge in [-0.2, -0.15) is 4.98 Å². The highest BCUT2D eigenvalue weighted by Crippen LogP contribution is 2.43. The van der Waals surface area contributed by atoms with Crippen molar-refractivity contribution in [1.82, 2.24) is 15.2 Å². The molecular formula is C21H19BrN4O2S. The minimum absolute atomic E-state index is 0.0178. The number of anilines is 1. The lowest BCUT2D eigenvalue weighted by atomic mass is 10.1. The van der Waals surface area contributed by atoms with Crippen LogP contribution in [0, 0.1) is 0 Å². The Hall–Kier alpha value is -2.45. The summed E-state index contributed by atoms with van der Waals surface area (Å²) in [4.78, 5) is 19.5. The van der Waals surface area contributed by atoms with Crippen LogP contribution in [0.4, 0.5) is 5.69 Å². The van der Waals surface area contributed by atoms with E-state index < -0.39 is 6.23 Å². The number of carbonyl (C=O) groups excluding carboxylic acids is 1. The number of halogens is 1. The van der Waals surface area contributed by atoms with Crippen molar-refractivity contribution in [3.05, 3.63) is 58.6 Å². The Balaban J connectivity index is 1.96. The van der Waals surface area contributed by atoms with E-state index in [-0.39, 0.29) is 5.91 Å². The molecule has 8 heteroatoms. The number of hydrogen-bond acceptors (Lipinski definition) is 6. The smallest absolute Gasteiger partial charge is 0.247 e. The second-order valence-electron chi connectivity index (χ2n) is 6.51. The van der Waals surface area contributed by atoms with Gasteiger partial charge in [-0.05, 0) is 30.9 Å². The first-order chi connectivity index (χ1) is 14.1. The first kappa shape index (κ1) is 19.8. The van der Waals surface area contributed by atoms with Gasteiger partial charge in [0.15, 0.2) is 5.69 Å². The number of amides is 1. The molecule has 2 heterocycles. The van der Waals surface area contributed by atoms with Crippen LogP contribution in [0.5, 0.6) is 5.88 Å². The van der Waals surface area contributed by atoms with Gasteiger partial charge in [0.05, 0.1) is 5.69 Å². The third kappa shape index (κ3) is 3.86. The van der Waals surface area contributed by atoms with Crippen LogP contribution < -0.4 is 9.64 Å². The molecule has 148 valence electrons. The van der Waals surface area contributed by atoms with E-state index in [0.29, 0.717) is 23.2 Å². The molecule has 0 bridgehead atoms. The molecule has 0 N–H and O–H groups in total. The van der Waals surface area contributed by atoms with Crippen molar-refractivity contribution in [2.75, 3.05) is 11.2 Å². The Bertz CT molecular complexity index is 1060. The van der Waals surface area contributed by atoms with Crippen molar-refractivity contribution < 1.29 is 9.53 Å². The summed E-state index contributed by atoms with van der Waals surface area (Å²) in [6, 6.07) is 15.4. The summed E-state index contributed by atoms with van der Waals surface area (Å²) < 4.78 is 7.27. The molecule has 4 rings (SSSR count). The molecule has 0 spiro atoms. The number of aromatic nitrogens is 3. The highest BCUT2D eigenvalue weighted by molar-refractivity contribution is 9.10. The van der Waals surface area contributed by atoms with E-state index in [4.69, 9.17) is 4.74 Å². The van der Waals surface area contributed by atoms with Gasteiger partial charge >= 0.3 is 0 Å². The monoisotopic (exact) mass is 470 g/mol. The molecule has 0 fully saturated rings. The Kier molecular flexibility index (Phi) is 5.82. The fraction of sp³-hybridized carbons (Fsp3) is 0.238. The highest BCUT2D eigenvalue weighted by atomic mass is 79.9.